The largest absolute Gasteiger partial charge is 0.382 e. The number of rotatable bonds is 11. The number of benzene rings is 2. The van der Waals surface area contributed by atoms with Crippen LogP contribution >= 0.6 is 0 Å². The molecule has 0 radical (unpaired) electrons. The van der Waals surface area contributed by atoms with Crippen molar-refractivity contribution in [2.75, 3.05) is 140 Å². The lowest BCUT2D eigenvalue weighted by atomic mass is 10.2. The molecule has 1 unspecified atom stereocenters. The number of ether oxygens (including phenoxy) is 11. The first kappa shape index (κ1) is 57.7. The first-order valence-corrected chi connectivity index (χ1v) is 19.3. The van der Waals surface area contributed by atoms with Crippen molar-refractivity contribution in [2.45, 2.75) is 61.5 Å². The topological polar surface area (TPSA) is 102 Å². The molecule has 0 spiro atoms. The van der Waals surface area contributed by atoms with Crippen LogP contribution in [-0.2, 0) is 52.1 Å². The maximum atomic E-state index is 5.65. The van der Waals surface area contributed by atoms with Gasteiger partial charge < -0.3 is 52.1 Å². The smallest absolute Gasteiger partial charge is 0.104 e. The average molecular weight is 761 g/mol. The Morgan fingerprint density at radius 3 is 1.06 bits per heavy atom. The van der Waals surface area contributed by atoms with Crippen molar-refractivity contribution in [3.63, 3.8) is 0 Å². The highest BCUT2D eigenvalue weighted by atomic mass is 16.6. The Labute approximate surface area is 325 Å². The summed E-state index contributed by atoms with van der Waals surface area (Å²) >= 11 is 0. The lowest BCUT2D eigenvalue weighted by Crippen LogP contribution is -2.28. The average Bonchev–Trinajstić information content (AvgIpc) is 3.20. The summed E-state index contributed by atoms with van der Waals surface area (Å²) in [4.78, 5) is 0. The summed E-state index contributed by atoms with van der Waals surface area (Å²) in [5.74, 6) is 0. The molecule has 0 aliphatic carbocycles. The fraction of sp³-hybridized carbons (Fsp3) is 0.714. The molecule has 0 amide bonds. The second-order valence-corrected chi connectivity index (χ2v) is 9.99. The molecule has 53 heavy (non-hydrogen) atoms. The molecule has 1 fully saturated rings. The summed E-state index contributed by atoms with van der Waals surface area (Å²) in [6, 6.07) is 20.5. The summed E-state index contributed by atoms with van der Waals surface area (Å²) < 4.78 is 57.7. The van der Waals surface area contributed by atoms with Gasteiger partial charge >= 0.3 is 0 Å². The number of aryl methyl sites for hydroxylation is 2. The first-order valence-electron chi connectivity index (χ1n) is 19.3. The molecule has 314 valence electrons. The fourth-order valence-corrected chi connectivity index (χ4v) is 3.37. The predicted octanol–water partition coefficient (Wildman–Crippen LogP) is 7.50. The van der Waals surface area contributed by atoms with Crippen LogP contribution in [0.4, 0.5) is 0 Å². The molecule has 0 saturated carbocycles. The van der Waals surface area contributed by atoms with Crippen LogP contribution in [0.3, 0.4) is 0 Å². The highest BCUT2D eigenvalue weighted by Gasteiger charge is 2.09. The molecule has 0 bridgehead atoms. The van der Waals surface area contributed by atoms with Crippen molar-refractivity contribution in [3.8, 4) is 0 Å². The molecule has 1 saturated heterocycles. The van der Waals surface area contributed by atoms with E-state index < -0.39 is 0 Å². The van der Waals surface area contributed by atoms with Crippen molar-refractivity contribution < 1.29 is 52.1 Å². The molecule has 11 nitrogen and oxygen atoms in total. The van der Waals surface area contributed by atoms with Gasteiger partial charge in [-0.2, -0.15) is 0 Å². The fourth-order valence-electron chi connectivity index (χ4n) is 3.37. The Bertz CT molecular complexity index is 767. The second-order valence-electron chi connectivity index (χ2n) is 9.99. The van der Waals surface area contributed by atoms with E-state index in [9.17, 15) is 0 Å². The minimum Gasteiger partial charge on any atom is -0.382 e. The standard InChI is InChI=1S/C14H28O7.C8H18O4.2C7H8.3C2H6/c1-15-12-14-13-20-9-8-18-5-4-16-2-3-17-6-7-19-10-11-21-14;1-9-3-5-11-7-8-12-6-4-10-2;2*1-7-5-3-2-4-6-7;3*1-2/h14H,2-13H2,1H3;3-8H2,1-2H3;2*2-6H,1H3;3*1-2H3. The molecular formula is C42H80O11. The van der Waals surface area contributed by atoms with Gasteiger partial charge in [0.1, 0.15) is 6.10 Å². The minimum atomic E-state index is -0.0860. The van der Waals surface area contributed by atoms with Gasteiger partial charge in [-0.25, -0.2) is 0 Å². The first-order chi connectivity index (χ1) is 26.1. The van der Waals surface area contributed by atoms with Crippen molar-refractivity contribution in [1.82, 2.24) is 0 Å². The summed E-state index contributed by atoms with van der Waals surface area (Å²) in [7, 11) is 4.95. The van der Waals surface area contributed by atoms with Gasteiger partial charge in [-0.1, -0.05) is 113 Å². The Morgan fingerprint density at radius 2 is 0.755 bits per heavy atom. The monoisotopic (exact) mass is 761 g/mol. The molecule has 1 aliphatic heterocycles. The number of hydrogen-bond donors (Lipinski definition) is 0. The van der Waals surface area contributed by atoms with Crippen molar-refractivity contribution in [3.05, 3.63) is 71.8 Å². The van der Waals surface area contributed by atoms with E-state index in [2.05, 4.69) is 38.1 Å². The summed E-state index contributed by atoms with van der Waals surface area (Å²) in [5, 5.41) is 0. The van der Waals surface area contributed by atoms with E-state index in [-0.39, 0.29) is 6.10 Å². The lowest BCUT2D eigenvalue weighted by Gasteiger charge is -2.17. The van der Waals surface area contributed by atoms with E-state index >= 15 is 0 Å². The maximum Gasteiger partial charge on any atom is 0.104 e. The van der Waals surface area contributed by atoms with Crippen LogP contribution < -0.4 is 0 Å². The zero-order valence-corrected chi connectivity index (χ0v) is 35.6. The van der Waals surface area contributed by atoms with Crippen LogP contribution in [0.1, 0.15) is 52.7 Å². The van der Waals surface area contributed by atoms with Crippen LogP contribution in [0.25, 0.3) is 0 Å². The van der Waals surface area contributed by atoms with Gasteiger partial charge in [-0.05, 0) is 13.8 Å². The van der Waals surface area contributed by atoms with Gasteiger partial charge in [0.15, 0.2) is 0 Å². The van der Waals surface area contributed by atoms with E-state index in [0.717, 1.165) is 0 Å². The molecular weight excluding hydrogens is 680 g/mol. The van der Waals surface area contributed by atoms with Crippen LogP contribution in [0.5, 0.6) is 0 Å². The minimum absolute atomic E-state index is 0.0860. The van der Waals surface area contributed by atoms with E-state index in [4.69, 9.17) is 52.1 Å². The van der Waals surface area contributed by atoms with Gasteiger partial charge in [0, 0.05) is 21.3 Å². The zero-order chi connectivity index (χ0) is 40.3. The number of methoxy groups -OCH3 is 3. The molecule has 2 aromatic carbocycles. The van der Waals surface area contributed by atoms with Crippen molar-refractivity contribution in [1.29, 1.82) is 0 Å². The normalized spacial score (nSPS) is 15.3. The Balaban J connectivity index is -0.000000315. The summed E-state index contributed by atoms with van der Waals surface area (Å²) in [6.45, 7) is 26.4. The highest BCUT2D eigenvalue weighted by Crippen LogP contribution is 1.96. The summed E-state index contributed by atoms with van der Waals surface area (Å²) in [6.07, 6.45) is -0.0860. The van der Waals surface area contributed by atoms with Gasteiger partial charge in [0.25, 0.3) is 0 Å². The Kier molecular flexibility index (Phi) is 61.8. The van der Waals surface area contributed by atoms with E-state index in [0.29, 0.717) is 119 Å². The van der Waals surface area contributed by atoms with E-state index in [1.165, 1.54) is 11.1 Å². The van der Waals surface area contributed by atoms with E-state index in [1.54, 1.807) is 21.3 Å². The third kappa shape index (κ3) is 54.4. The van der Waals surface area contributed by atoms with Crippen LogP contribution in [0.2, 0.25) is 0 Å². The van der Waals surface area contributed by atoms with Gasteiger partial charge in [0.05, 0.1) is 119 Å². The molecule has 1 atom stereocenters. The number of hydrogen-bond acceptors (Lipinski definition) is 11. The third-order valence-electron chi connectivity index (χ3n) is 5.84. The van der Waals surface area contributed by atoms with Gasteiger partial charge in [-0.15, -0.1) is 0 Å². The highest BCUT2D eigenvalue weighted by molar-refractivity contribution is 5.12. The molecule has 1 aliphatic rings. The maximum absolute atomic E-state index is 5.65. The zero-order valence-electron chi connectivity index (χ0n) is 35.6. The van der Waals surface area contributed by atoms with Crippen LogP contribution in [0.15, 0.2) is 60.7 Å². The molecule has 0 aromatic heterocycles. The molecule has 2 aromatic rings. The molecule has 1 heterocycles. The van der Waals surface area contributed by atoms with Crippen LogP contribution in [-0.4, -0.2) is 146 Å². The second kappa shape index (κ2) is 56.7. The summed E-state index contributed by atoms with van der Waals surface area (Å²) in [5.41, 5.74) is 2.64. The third-order valence-corrected chi connectivity index (χ3v) is 5.84. The molecule has 11 heteroatoms. The van der Waals surface area contributed by atoms with Gasteiger partial charge in [-0.3, -0.25) is 0 Å². The van der Waals surface area contributed by atoms with Gasteiger partial charge in [0.2, 0.25) is 0 Å². The quantitative estimate of drug-likeness (QED) is 0.213. The van der Waals surface area contributed by atoms with Crippen LogP contribution in [0, 0.1) is 13.8 Å². The predicted molar refractivity (Wildman–Crippen MR) is 218 cm³/mol. The molecule has 3 rings (SSSR count). The van der Waals surface area contributed by atoms with Crippen molar-refractivity contribution in [2.24, 2.45) is 0 Å². The SMILES string of the molecule is CC.CC.CC.COCC1COCCOCCOCCOCCOCCO1.COCCOCCOCCOC.Cc1ccccc1.Cc1ccccc1. The van der Waals surface area contributed by atoms with Crippen molar-refractivity contribution >= 4 is 0 Å². The molecule has 0 N–H and O–H groups in total. The Hall–Kier alpha value is -2.00. The lowest BCUT2D eigenvalue weighted by molar-refractivity contribution is -0.0791. The van der Waals surface area contributed by atoms with E-state index in [1.807, 2.05) is 77.9 Å². The Morgan fingerprint density at radius 1 is 0.434 bits per heavy atom.